The number of carbonyl (C=O) groups excluding carboxylic acids is 2. The lowest BCUT2D eigenvalue weighted by atomic mass is 10.0. The predicted octanol–water partition coefficient (Wildman–Crippen LogP) is 2.54. The zero-order valence-corrected chi connectivity index (χ0v) is 15.1. The molecule has 2 aromatic carbocycles. The van der Waals surface area contributed by atoms with Crippen LogP contribution in [0.25, 0.3) is 0 Å². The lowest BCUT2D eigenvalue weighted by molar-refractivity contribution is -0.137. The first-order chi connectivity index (χ1) is 12.6. The fraction of sp³-hybridized carbons (Fsp3) is 0.300. The van der Waals surface area contributed by atoms with E-state index in [0.717, 1.165) is 5.56 Å². The second kappa shape index (κ2) is 8.83. The zero-order chi connectivity index (χ0) is 18.4. The molecule has 1 aliphatic heterocycles. The normalized spacial score (nSPS) is 15.3. The van der Waals surface area contributed by atoms with E-state index in [9.17, 15) is 9.59 Å². The van der Waals surface area contributed by atoms with Crippen molar-refractivity contribution in [2.75, 3.05) is 26.3 Å². The summed E-state index contributed by atoms with van der Waals surface area (Å²) in [6, 6.07) is 15.7. The first kappa shape index (κ1) is 18.4. The van der Waals surface area contributed by atoms with Gasteiger partial charge in [0.15, 0.2) is 0 Å². The molecule has 0 saturated carbocycles. The van der Waals surface area contributed by atoms with Gasteiger partial charge in [0.25, 0.3) is 5.91 Å². The predicted molar refractivity (Wildman–Crippen MR) is 100 cm³/mol. The SMILES string of the molecule is O=C(N[C@@H](Cc1ccccc1)C(=O)N1CCOCC1)c1ccc(Cl)cc1. The Bertz CT molecular complexity index is 743. The molecular weight excluding hydrogens is 352 g/mol. The smallest absolute Gasteiger partial charge is 0.251 e. The highest BCUT2D eigenvalue weighted by Crippen LogP contribution is 2.12. The molecule has 0 bridgehead atoms. The first-order valence-corrected chi connectivity index (χ1v) is 8.98. The summed E-state index contributed by atoms with van der Waals surface area (Å²) < 4.78 is 5.32. The van der Waals surface area contributed by atoms with E-state index in [1.165, 1.54) is 0 Å². The number of morpholine rings is 1. The van der Waals surface area contributed by atoms with Crippen molar-refractivity contribution in [1.82, 2.24) is 10.2 Å². The molecule has 0 spiro atoms. The van der Waals surface area contributed by atoms with Crippen molar-refractivity contribution < 1.29 is 14.3 Å². The van der Waals surface area contributed by atoms with Gasteiger partial charge in [0.1, 0.15) is 6.04 Å². The van der Waals surface area contributed by atoms with E-state index in [1.54, 1.807) is 29.2 Å². The molecule has 1 heterocycles. The van der Waals surface area contributed by atoms with E-state index in [1.807, 2.05) is 30.3 Å². The van der Waals surface area contributed by atoms with Crippen LogP contribution in [0.15, 0.2) is 54.6 Å². The summed E-state index contributed by atoms with van der Waals surface area (Å²) in [5, 5.41) is 3.45. The maximum atomic E-state index is 13.0. The van der Waals surface area contributed by atoms with Crippen molar-refractivity contribution in [2.45, 2.75) is 12.5 Å². The van der Waals surface area contributed by atoms with Gasteiger partial charge in [-0.05, 0) is 29.8 Å². The van der Waals surface area contributed by atoms with Crippen molar-refractivity contribution in [3.63, 3.8) is 0 Å². The molecule has 1 aliphatic rings. The van der Waals surface area contributed by atoms with Crippen LogP contribution in [0.4, 0.5) is 0 Å². The third-order valence-electron chi connectivity index (χ3n) is 4.32. The number of hydrogen-bond donors (Lipinski definition) is 1. The van der Waals surface area contributed by atoms with Gasteiger partial charge < -0.3 is 15.0 Å². The molecular formula is C20H21ClN2O3. The summed E-state index contributed by atoms with van der Waals surface area (Å²) >= 11 is 5.88. The number of carbonyl (C=O) groups is 2. The molecule has 6 heteroatoms. The van der Waals surface area contributed by atoms with Crippen LogP contribution in [0.3, 0.4) is 0 Å². The molecule has 1 saturated heterocycles. The number of rotatable bonds is 5. The molecule has 5 nitrogen and oxygen atoms in total. The average molecular weight is 373 g/mol. The minimum Gasteiger partial charge on any atom is -0.378 e. The maximum absolute atomic E-state index is 13.0. The number of halogens is 1. The molecule has 3 rings (SSSR count). The van der Waals surface area contributed by atoms with Crippen LogP contribution < -0.4 is 5.32 Å². The second-order valence-electron chi connectivity index (χ2n) is 6.16. The largest absolute Gasteiger partial charge is 0.378 e. The molecule has 26 heavy (non-hydrogen) atoms. The van der Waals surface area contributed by atoms with Crippen molar-refractivity contribution in [2.24, 2.45) is 0 Å². The highest BCUT2D eigenvalue weighted by molar-refractivity contribution is 6.30. The summed E-state index contributed by atoms with van der Waals surface area (Å²) in [5.74, 6) is -0.372. The highest BCUT2D eigenvalue weighted by atomic mass is 35.5. The van der Waals surface area contributed by atoms with Gasteiger partial charge in [-0.3, -0.25) is 9.59 Å². The Labute approximate surface area is 157 Å². The minimum absolute atomic E-state index is 0.0838. The van der Waals surface area contributed by atoms with Gasteiger partial charge in [0.05, 0.1) is 13.2 Å². The number of nitrogens with zero attached hydrogens (tertiary/aromatic N) is 1. The summed E-state index contributed by atoms with van der Waals surface area (Å²) in [7, 11) is 0. The van der Waals surface area contributed by atoms with Crippen molar-refractivity contribution >= 4 is 23.4 Å². The maximum Gasteiger partial charge on any atom is 0.251 e. The Balaban J connectivity index is 1.76. The Morgan fingerprint density at radius 3 is 2.35 bits per heavy atom. The third kappa shape index (κ3) is 4.84. The van der Waals surface area contributed by atoms with Gasteiger partial charge in [0, 0.05) is 30.1 Å². The second-order valence-corrected chi connectivity index (χ2v) is 6.60. The number of benzene rings is 2. The minimum atomic E-state index is -0.626. The standard InChI is InChI=1S/C20H21ClN2O3/c21-17-8-6-16(7-9-17)19(24)22-18(14-15-4-2-1-3-5-15)20(25)23-10-12-26-13-11-23/h1-9,18H,10-14H2,(H,22,24)/t18-/m0/s1. The van der Waals surface area contributed by atoms with Crippen molar-refractivity contribution in [3.8, 4) is 0 Å². The van der Waals surface area contributed by atoms with E-state index < -0.39 is 6.04 Å². The van der Waals surface area contributed by atoms with Crippen molar-refractivity contribution in [3.05, 3.63) is 70.7 Å². The zero-order valence-electron chi connectivity index (χ0n) is 14.4. The van der Waals surface area contributed by atoms with E-state index in [0.29, 0.717) is 43.3 Å². The molecule has 1 N–H and O–H groups in total. The molecule has 1 atom stereocenters. The Hall–Kier alpha value is -2.37. The third-order valence-corrected chi connectivity index (χ3v) is 4.57. The molecule has 0 aromatic heterocycles. The van der Waals surface area contributed by atoms with Crippen LogP contribution in [0, 0.1) is 0 Å². The topological polar surface area (TPSA) is 58.6 Å². The monoisotopic (exact) mass is 372 g/mol. The van der Waals surface area contributed by atoms with Crippen LogP contribution >= 0.6 is 11.6 Å². The first-order valence-electron chi connectivity index (χ1n) is 8.60. The van der Waals surface area contributed by atoms with E-state index >= 15 is 0 Å². The van der Waals surface area contributed by atoms with Gasteiger partial charge in [-0.25, -0.2) is 0 Å². The van der Waals surface area contributed by atoms with E-state index in [2.05, 4.69) is 5.32 Å². The van der Waals surface area contributed by atoms with Gasteiger partial charge in [-0.2, -0.15) is 0 Å². The lowest BCUT2D eigenvalue weighted by Crippen LogP contribution is -2.52. The van der Waals surface area contributed by atoms with E-state index in [4.69, 9.17) is 16.3 Å². The lowest BCUT2D eigenvalue weighted by Gasteiger charge is -2.31. The molecule has 136 valence electrons. The summed E-state index contributed by atoms with van der Waals surface area (Å²) in [6.07, 6.45) is 0.441. The van der Waals surface area contributed by atoms with Gasteiger partial charge >= 0.3 is 0 Å². The van der Waals surface area contributed by atoms with Gasteiger partial charge in [-0.15, -0.1) is 0 Å². The van der Waals surface area contributed by atoms with Crippen LogP contribution in [-0.4, -0.2) is 49.1 Å². The fourth-order valence-corrected chi connectivity index (χ4v) is 3.02. The highest BCUT2D eigenvalue weighted by Gasteiger charge is 2.27. The summed E-state index contributed by atoms with van der Waals surface area (Å²) in [4.78, 5) is 27.3. The number of ether oxygens (including phenoxy) is 1. The van der Waals surface area contributed by atoms with Crippen LogP contribution in [0.1, 0.15) is 15.9 Å². The molecule has 2 aromatic rings. The summed E-state index contributed by atoms with van der Waals surface area (Å²) in [6.45, 7) is 2.13. The molecule has 2 amide bonds. The molecule has 0 radical (unpaired) electrons. The average Bonchev–Trinajstić information content (AvgIpc) is 2.69. The summed E-state index contributed by atoms with van der Waals surface area (Å²) in [5.41, 5.74) is 1.47. The quantitative estimate of drug-likeness (QED) is 0.877. The van der Waals surface area contributed by atoms with Crippen molar-refractivity contribution in [1.29, 1.82) is 0 Å². The van der Waals surface area contributed by atoms with Crippen LogP contribution in [-0.2, 0) is 16.0 Å². The van der Waals surface area contributed by atoms with Crippen LogP contribution in [0.2, 0.25) is 5.02 Å². The number of nitrogens with one attached hydrogen (secondary N) is 1. The number of hydrogen-bond acceptors (Lipinski definition) is 3. The fourth-order valence-electron chi connectivity index (χ4n) is 2.90. The Morgan fingerprint density at radius 2 is 1.69 bits per heavy atom. The Kier molecular flexibility index (Phi) is 6.26. The van der Waals surface area contributed by atoms with E-state index in [-0.39, 0.29) is 11.8 Å². The van der Waals surface area contributed by atoms with Crippen LogP contribution in [0.5, 0.6) is 0 Å². The Morgan fingerprint density at radius 1 is 1.04 bits per heavy atom. The van der Waals surface area contributed by atoms with Gasteiger partial charge in [-0.1, -0.05) is 41.9 Å². The molecule has 0 unspecified atom stereocenters. The molecule has 0 aliphatic carbocycles. The number of amides is 2. The molecule has 1 fully saturated rings. The van der Waals surface area contributed by atoms with Gasteiger partial charge in [0.2, 0.25) is 5.91 Å².